The first-order chi connectivity index (χ1) is 12.1. The lowest BCUT2D eigenvalue weighted by Crippen LogP contribution is -2.43. The molecule has 0 spiro atoms. The first kappa shape index (κ1) is 15.8. The Hall–Kier alpha value is -2.67. The van der Waals surface area contributed by atoms with Crippen molar-refractivity contribution in [2.24, 2.45) is 0 Å². The number of pyridine rings is 1. The van der Waals surface area contributed by atoms with E-state index < -0.39 is 5.56 Å². The lowest BCUT2D eigenvalue weighted by Gasteiger charge is -2.27. The molecule has 2 aromatic heterocycles. The minimum absolute atomic E-state index is 0.0189. The number of hydrogen-bond acceptors (Lipinski definition) is 5. The maximum atomic E-state index is 12.6. The van der Waals surface area contributed by atoms with Gasteiger partial charge in [0.2, 0.25) is 0 Å². The van der Waals surface area contributed by atoms with E-state index in [1.807, 2.05) is 6.07 Å². The molecular formula is C18H18N2O5. The molecule has 7 nitrogen and oxygen atoms in total. The molecule has 0 aromatic carbocycles. The van der Waals surface area contributed by atoms with Gasteiger partial charge >= 0.3 is 0 Å². The van der Waals surface area contributed by atoms with Crippen molar-refractivity contribution in [1.29, 1.82) is 0 Å². The van der Waals surface area contributed by atoms with Gasteiger partial charge in [0.15, 0.2) is 5.78 Å². The van der Waals surface area contributed by atoms with Crippen LogP contribution >= 0.6 is 0 Å². The third-order valence-electron chi connectivity index (χ3n) is 4.78. The predicted octanol–water partition coefficient (Wildman–Crippen LogP) is 1.35. The Morgan fingerprint density at radius 1 is 1.20 bits per heavy atom. The summed E-state index contributed by atoms with van der Waals surface area (Å²) in [5.74, 6) is 0.197. The Kier molecular flexibility index (Phi) is 4.01. The van der Waals surface area contributed by atoms with Crippen molar-refractivity contribution in [2.45, 2.75) is 18.8 Å². The molecule has 25 heavy (non-hydrogen) atoms. The van der Waals surface area contributed by atoms with Crippen LogP contribution in [0.4, 0.5) is 0 Å². The Bertz CT molecular complexity index is 862. The van der Waals surface area contributed by atoms with Gasteiger partial charge in [0.1, 0.15) is 11.3 Å². The minimum Gasteiger partial charge on any atom is -0.469 e. The summed E-state index contributed by atoms with van der Waals surface area (Å²) in [5, 5.41) is 0. The maximum Gasteiger partial charge on any atom is 0.261 e. The number of H-pyrrole nitrogens is 1. The van der Waals surface area contributed by atoms with E-state index in [2.05, 4.69) is 4.98 Å². The molecule has 2 aliphatic rings. The summed E-state index contributed by atoms with van der Waals surface area (Å²) >= 11 is 0. The zero-order valence-electron chi connectivity index (χ0n) is 13.6. The molecule has 0 bridgehead atoms. The molecule has 0 saturated carbocycles. The largest absolute Gasteiger partial charge is 0.469 e. The van der Waals surface area contributed by atoms with Crippen molar-refractivity contribution < 1.29 is 18.7 Å². The monoisotopic (exact) mass is 342 g/mol. The SMILES string of the molecule is O=C1CC(c2ccco2)Cc2[nH]c(=O)c(C(=O)N3CCOCC3)cc21. The third-order valence-corrected chi connectivity index (χ3v) is 4.78. The highest BCUT2D eigenvalue weighted by Gasteiger charge is 2.31. The molecular weight excluding hydrogens is 324 g/mol. The van der Waals surface area contributed by atoms with E-state index in [-0.39, 0.29) is 23.2 Å². The number of furan rings is 1. The van der Waals surface area contributed by atoms with Gasteiger partial charge in [0.05, 0.1) is 19.5 Å². The van der Waals surface area contributed by atoms with Gasteiger partial charge in [0.25, 0.3) is 11.5 Å². The van der Waals surface area contributed by atoms with Crippen LogP contribution in [-0.4, -0.2) is 47.9 Å². The van der Waals surface area contributed by atoms with E-state index in [9.17, 15) is 14.4 Å². The number of morpholine rings is 1. The van der Waals surface area contributed by atoms with Crippen LogP contribution in [0.3, 0.4) is 0 Å². The van der Waals surface area contributed by atoms with Crippen LogP contribution in [0.15, 0.2) is 33.7 Å². The maximum absolute atomic E-state index is 12.6. The fraction of sp³-hybridized carbons (Fsp3) is 0.389. The summed E-state index contributed by atoms with van der Waals surface area (Å²) in [5.41, 5.74) is 0.564. The average molecular weight is 342 g/mol. The first-order valence-electron chi connectivity index (χ1n) is 8.33. The molecule has 1 unspecified atom stereocenters. The average Bonchev–Trinajstić information content (AvgIpc) is 3.16. The Balaban J connectivity index is 1.66. The number of amides is 1. The Morgan fingerprint density at radius 3 is 2.72 bits per heavy atom. The molecule has 7 heteroatoms. The summed E-state index contributed by atoms with van der Waals surface area (Å²) < 4.78 is 10.6. The molecule has 1 amide bonds. The second kappa shape index (κ2) is 6.33. The number of nitrogens with one attached hydrogen (secondary N) is 1. The topological polar surface area (TPSA) is 92.6 Å². The van der Waals surface area contributed by atoms with Crippen molar-refractivity contribution in [2.75, 3.05) is 26.3 Å². The number of carbonyl (C=O) groups excluding carboxylic acids is 2. The zero-order valence-corrected chi connectivity index (χ0v) is 13.6. The number of aromatic nitrogens is 1. The minimum atomic E-state index is -0.455. The molecule has 3 heterocycles. The van der Waals surface area contributed by atoms with E-state index >= 15 is 0 Å². The number of hydrogen-bond donors (Lipinski definition) is 1. The third kappa shape index (κ3) is 2.91. The number of ether oxygens (including phenoxy) is 1. The summed E-state index contributed by atoms with van der Waals surface area (Å²) in [7, 11) is 0. The fourth-order valence-corrected chi connectivity index (χ4v) is 3.45. The van der Waals surface area contributed by atoms with Crippen molar-refractivity contribution in [1.82, 2.24) is 9.88 Å². The van der Waals surface area contributed by atoms with Gasteiger partial charge in [0, 0.05) is 36.7 Å². The molecule has 1 aliphatic heterocycles. The molecule has 4 rings (SSSR count). The van der Waals surface area contributed by atoms with Crippen LogP contribution in [-0.2, 0) is 11.2 Å². The Morgan fingerprint density at radius 2 is 2.00 bits per heavy atom. The first-order valence-corrected chi connectivity index (χ1v) is 8.33. The molecule has 2 aromatic rings. The number of fused-ring (bicyclic) bond motifs is 1. The summed E-state index contributed by atoms with van der Waals surface area (Å²) in [6.07, 6.45) is 2.38. The van der Waals surface area contributed by atoms with Gasteiger partial charge in [-0.15, -0.1) is 0 Å². The van der Waals surface area contributed by atoms with Crippen LogP contribution in [0.5, 0.6) is 0 Å². The van der Waals surface area contributed by atoms with Gasteiger partial charge in [-0.05, 0) is 24.6 Å². The highest BCUT2D eigenvalue weighted by atomic mass is 16.5. The highest BCUT2D eigenvalue weighted by Crippen LogP contribution is 2.31. The molecule has 130 valence electrons. The van der Waals surface area contributed by atoms with Crippen LogP contribution in [0.2, 0.25) is 0 Å². The van der Waals surface area contributed by atoms with Crippen LogP contribution in [0, 0.1) is 0 Å². The molecule has 1 N–H and O–H groups in total. The predicted molar refractivity (Wildman–Crippen MR) is 87.9 cm³/mol. The smallest absolute Gasteiger partial charge is 0.261 e. The van der Waals surface area contributed by atoms with Gasteiger partial charge in [-0.3, -0.25) is 14.4 Å². The van der Waals surface area contributed by atoms with Gasteiger partial charge < -0.3 is 19.0 Å². The van der Waals surface area contributed by atoms with E-state index in [4.69, 9.17) is 9.15 Å². The van der Waals surface area contributed by atoms with Crippen LogP contribution in [0.25, 0.3) is 0 Å². The van der Waals surface area contributed by atoms with Crippen molar-refractivity contribution >= 4 is 11.7 Å². The van der Waals surface area contributed by atoms with Crippen molar-refractivity contribution in [3.8, 4) is 0 Å². The fourth-order valence-electron chi connectivity index (χ4n) is 3.45. The number of aromatic amines is 1. The zero-order chi connectivity index (χ0) is 17.4. The quantitative estimate of drug-likeness (QED) is 0.889. The van der Waals surface area contributed by atoms with Crippen LogP contribution < -0.4 is 5.56 Å². The number of Topliss-reactive ketones (excluding diaryl/α,β-unsaturated/α-hetero) is 1. The Labute approximate surface area is 143 Å². The normalized spacial score (nSPS) is 20.4. The van der Waals surface area contributed by atoms with Crippen molar-refractivity contribution in [3.05, 3.63) is 57.4 Å². The highest BCUT2D eigenvalue weighted by molar-refractivity contribution is 6.02. The standard InChI is InChI=1S/C18H18N2O5/c21-15-9-11(16-2-1-5-25-16)8-14-12(15)10-13(17(22)19-14)18(23)20-3-6-24-7-4-20/h1-2,5,10-11H,3-4,6-9H2,(H,19,22). The molecule has 0 radical (unpaired) electrons. The van der Waals surface area contributed by atoms with E-state index in [0.717, 1.165) is 5.76 Å². The molecule has 1 fully saturated rings. The van der Waals surface area contributed by atoms with E-state index in [0.29, 0.717) is 50.4 Å². The van der Waals surface area contributed by atoms with Crippen LogP contribution in [0.1, 0.15) is 44.5 Å². The summed E-state index contributed by atoms with van der Waals surface area (Å²) in [4.78, 5) is 41.9. The second-order valence-electron chi connectivity index (χ2n) is 6.35. The number of rotatable bonds is 2. The summed E-state index contributed by atoms with van der Waals surface area (Å²) in [6.45, 7) is 1.81. The number of ketones is 1. The molecule has 1 aliphatic carbocycles. The van der Waals surface area contributed by atoms with Crippen molar-refractivity contribution in [3.63, 3.8) is 0 Å². The lowest BCUT2D eigenvalue weighted by atomic mass is 9.84. The van der Waals surface area contributed by atoms with Gasteiger partial charge in [-0.1, -0.05) is 0 Å². The molecule has 1 atom stereocenters. The summed E-state index contributed by atoms with van der Waals surface area (Å²) in [6, 6.07) is 5.06. The number of nitrogens with zero attached hydrogens (tertiary/aromatic N) is 1. The second-order valence-corrected chi connectivity index (χ2v) is 6.35. The number of carbonyl (C=O) groups is 2. The van der Waals surface area contributed by atoms with Gasteiger partial charge in [-0.2, -0.15) is 0 Å². The van der Waals surface area contributed by atoms with E-state index in [1.54, 1.807) is 17.2 Å². The lowest BCUT2D eigenvalue weighted by molar-refractivity contribution is 0.0301. The molecule has 1 saturated heterocycles. The van der Waals surface area contributed by atoms with Gasteiger partial charge in [-0.25, -0.2) is 0 Å². The van der Waals surface area contributed by atoms with E-state index in [1.165, 1.54) is 6.07 Å².